The Bertz CT molecular complexity index is 1260. The first-order chi connectivity index (χ1) is 15.0. The van der Waals surface area contributed by atoms with Gasteiger partial charge in [0.25, 0.3) is 0 Å². The number of amides is 1. The Morgan fingerprint density at radius 2 is 1.77 bits per heavy atom. The Morgan fingerprint density at radius 3 is 2.52 bits per heavy atom. The van der Waals surface area contributed by atoms with Crippen LogP contribution in [-0.4, -0.2) is 38.3 Å². The van der Waals surface area contributed by atoms with Crippen molar-refractivity contribution in [1.82, 2.24) is 4.31 Å². The first-order valence-corrected chi connectivity index (χ1v) is 11.9. The van der Waals surface area contributed by atoms with E-state index in [0.29, 0.717) is 25.1 Å². The van der Waals surface area contributed by atoms with Crippen LogP contribution >= 0.6 is 0 Å². The Hall–Kier alpha value is -2.90. The van der Waals surface area contributed by atoms with E-state index in [-0.39, 0.29) is 10.8 Å². The van der Waals surface area contributed by atoms with Gasteiger partial charge in [-0.3, -0.25) is 4.79 Å². The van der Waals surface area contributed by atoms with Gasteiger partial charge in [0, 0.05) is 17.6 Å². The lowest BCUT2D eigenvalue weighted by molar-refractivity contribution is -0.119. The van der Waals surface area contributed by atoms with Gasteiger partial charge in [-0.25, -0.2) is 8.42 Å². The molecular weight excluding hydrogens is 412 g/mol. The van der Waals surface area contributed by atoms with E-state index < -0.39 is 16.1 Å². The molecule has 0 saturated carbocycles. The number of sulfonamides is 1. The molecule has 3 aromatic carbocycles. The highest BCUT2D eigenvalue weighted by Crippen LogP contribution is 2.35. The van der Waals surface area contributed by atoms with Crippen molar-refractivity contribution in [3.05, 3.63) is 65.7 Å². The number of aryl methyl sites for hydroxylation is 2. The average molecular weight is 437 g/mol. The van der Waals surface area contributed by atoms with E-state index in [1.807, 2.05) is 18.2 Å². The molecule has 2 aliphatic rings. The van der Waals surface area contributed by atoms with Gasteiger partial charge >= 0.3 is 0 Å². The SMILES string of the molecule is COc1ccc(S(=O)(=O)N2CCCC2C(=O)Nc2ccc3c4c(cccc24)CC3)cc1. The van der Waals surface area contributed by atoms with Crippen LogP contribution < -0.4 is 10.1 Å². The lowest BCUT2D eigenvalue weighted by atomic mass is 10.0. The number of ether oxygens (including phenoxy) is 1. The third kappa shape index (κ3) is 3.38. The first-order valence-electron chi connectivity index (χ1n) is 10.5. The minimum atomic E-state index is -3.78. The summed E-state index contributed by atoms with van der Waals surface area (Å²) in [4.78, 5) is 13.4. The number of benzene rings is 3. The summed E-state index contributed by atoms with van der Waals surface area (Å²) >= 11 is 0. The Balaban J connectivity index is 1.42. The quantitative estimate of drug-likeness (QED) is 0.661. The van der Waals surface area contributed by atoms with Crippen molar-refractivity contribution < 1.29 is 17.9 Å². The van der Waals surface area contributed by atoms with E-state index >= 15 is 0 Å². The minimum absolute atomic E-state index is 0.165. The maximum Gasteiger partial charge on any atom is 0.243 e. The standard InChI is InChI=1S/C24H24N2O4S/c1-30-18-10-12-19(13-11-18)31(28,29)26-15-3-6-22(26)24(27)25-21-14-9-17-8-7-16-4-2-5-20(21)23(16)17/h2,4-5,9-14,22H,3,6-8,15H2,1H3,(H,25,27). The van der Waals surface area contributed by atoms with Crippen LogP contribution in [-0.2, 0) is 27.7 Å². The molecule has 31 heavy (non-hydrogen) atoms. The number of methoxy groups -OCH3 is 1. The van der Waals surface area contributed by atoms with Crippen molar-refractivity contribution in [2.24, 2.45) is 0 Å². The highest BCUT2D eigenvalue weighted by molar-refractivity contribution is 7.89. The molecule has 0 bridgehead atoms. The van der Waals surface area contributed by atoms with E-state index in [4.69, 9.17) is 4.74 Å². The zero-order valence-corrected chi connectivity index (χ0v) is 18.1. The van der Waals surface area contributed by atoms with Crippen LogP contribution in [0.3, 0.4) is 0 Å². The number of anilines is 1. The number of rotatable bonds is 5. The largest absolute Gasteiger partial charge is 0.497 e. The van der Waals surface area contributed by atoms with Gasteiger partial charge in [0.15, 0.2) is 0 Å². The average Bonchev–Trinajstić information content (AvgIpc) is 3.45. The lowest BCUT2D eigenvalue weighted by Gasteiger charge is -2.24. The summed E-state index contributed by atoms with van der Waals surface area (Å²) in [6.45, 7) is 0.330. The summed E-state index contributed by atoms with van der Waals surface area (Å²) in [5.41, 5.74) is 3.34. The van der Waals surface area contributed by atoms with Crippen LogP contribution in [0, 0.1) is 0 Å². The van der Waals surface area contributed by atoms with Crippen LogP contribution in [0.2, 0.25) is 0 Å². The zero-order chi connectivity index (χ0) is 21.6. The molecule has 1 aliphatic heterocycles. The molecule has 1 saturated heterocycles. The summed E-state index contributed by atoms with van der Waals surface area (Å²) in [6.07, 6.45) is 3.18. The van der Waals surface area contributed by atoms with E-state index in [9.17, 15) is 13.2 Å². The second kappa shape index (κ2) is 7.66. The van der Waals surface area contributed by atoms with E-state index in [2.05, 4.69) is 17.4 Å². The zero-order valence-electron chi connectivity index (χ0n) is 17.3. The normalized spacial score (nSPS) is 18.4. The third-order valence-corrected chi connectivity index (χ3v) is 8.23. The van der Waals surface area contributed by atoms with Gasteiger partial charge in [0.05, 0.1) is 12.0 Å². The van der Waals surface area contributed by atoms with E-state index in [1.54, 1.807) is 12.1 Å². The molecule has 1 heterocycles. The molecule has 7 heteroatoms. The fourth-order valence-corrected chi connectivity index (χ4v) is 6.40. The molecule has 0 spiro atoms. The number of hydrogen-bond donors (Lipinski definition) is 1. The van der Waals surface area contributed by atoms with Gasteiger partial charge in [-0.15, -0.1) is 0 Å². The topological polar surface area (TPSA) is 75.7 Å². The van der Waals surface area contributed by atoms with Gasteiger partial charge < -0.3 is 10.1 Å². The van der Waals surface area contributed by atoms with Crippen LogP contribution in [0.15, 0.2) is 59.5 Å². The second-order valence-corrected chi connectivity index (χ2v) is 9.94. The fourth-order valence-electron chi connectivity index (χ4n) is 4.74. The highest BCUT2D eigenvalue weighted by Gasteiger charge is 2.39. The molecule has 1 atom stereocenters. The van der Waals surface area contributed by atoms with Crippen molar-refractivity contribution in [3.8, 4) is 5.75 Å². The van der Waals surface area contributed by atoms with Crippen molar-refractivity contribution in [1.29, 1.82) is 0 Å². The summed E-state index contributed by atoms with van der Waals surface area (Å²) in [6, 6.07) is 15.7. The summed E-state index contributed by atoms with van der Waals surface area (Å²) < 4.78 is 32.9. The molecule has 160 valence electrons. The Labute approximate surface area is 181 Å². The van der Waals surface area contributed by atoms with Crippen molar-refractivity contribution in [2.45, 2.75) is 36.6 Å². The van der Waals surface area contributed by atoms with Crippen LogP contribution in [0.25, 0.3) is 10.8 Å². The van der Waals surface area contributed by atoms with Crippen LogP contribution in [0.5, 0.6) is 5.75 Å². The third-order valence-electron chi connectivity index (χ3n) is 6.31. The minimum Gasteiger partial charge on any atom is -0.497 e. The number of hydrogen-bond acceptors (Lipinski definition) is 4. The van der Waals surface area contributed by atoms with Crippen LogP contribution in [0.4, 0.5) is 5.69 Å². The summed E-state index contributed by atoms with van der Waals surface area (Å²) in [5, 5.41) is 5.25. The molecule has 5 rings (SSSR count). The van der Waals surface area contributed by atoms with Gasteiger partial charge in [-0.2, -0.15) is 4.31 Å². The first kappa shape index (κ1) is 20.0. The summed E-state index contributed by atoms with van der Waals surface area (Å²) in [5.74, 6) is 0.301. The molecule has 1 amide bonds. The van der Waals surface area contributed by atoms with Crippen LogP contribution in [0.1, 0.15) is 24.0 Å². The van der Waals surface area contributed by atoms with Gasteiger partial charge in [0.2, 0.25) is 15.9 Å². The molecule has 1 unspecified atom stereocenters. The fraction of sp³-hybridized carbons (Fsp3) is 0.292. The summed E-state index contributed by atoms with van der Waals surface area (Å²) in [7, 11) is -2.25. The van der Waals surface area contributed by atoms with Gasteiger partial charge in [0.1, 0.15) is 11.8 Å². The predicted molar refractivity (Wildman–Crippen MR) is 120 cm³/mol. The molecule has 0 aromatic heterocycles. The Kier molecular flexibility index (Phi) is 4.95. The molecule has 1 aliphatic carbocycles. The Morgan fingerprint density at radius 1 is 1.03 bits per heavy atom. The van der Waals surface area contributed by atoms with Crippen molar-refractivity contribution in [2.75, 3.05) is 19.0 Å². The predicted octanol–water partition coefficient (Wildman–Crippen LogP) is 3.74. The molecule has 6 nitrogen and oxygen atoms in total. The van der Waals surface area contributed by atoms with Gasteiger partial charge in [-0.1, -0.05) is 24.3 Å². The number of carbonyl (C=O) groups is 1. The van der Waals surface area contributed by atoms with Crippen molar-refractivity contribution in [3.63, 3.8) is 0 Å². The van der Waals surface area contributed by atoms with E-state index in [0.717, 1.165) is 23.9 Å². The molecule has 1 N–H and O–H groups in total. The monoisotopic (exact) mass is 436 g/mol. The smallest absolute Gasteiger partial charge is 0.243 e. The van der Waals surface area contributed by atoms with Crippen molar-refractivity contribution >= 4 is 32.4 Å². The number of nitrogens with one attached hydrogen (secondary N) is 1. The maximum absolute atomic E-state index is 13.2. The van der Waals surface area contributed by atoms with E-state index in [1.165, 1.54) is 40.1 Å². The lowest BCUT2D eigenvalue weighted by Crippen LogP contribution is -2.43. The molecule has 3 aromatic rings. The maximum atomic E-state index is 13.2. The molecular formula is C24H24N2O4S. The molecule has 0 radical (unpaired) electrons. The number of carbonyl (C=O) groups excluding carboxylic acids is 1. The highest BCUT2D eigenvalue weighted by atomic mass is 32.2. The molecule has 1 fully saturated rings. The van der Waals surface area contributed by atoms with Gasteiger partial charge in [-0.05, 0) is 72.5 Å². The number of nitrogens with zero attached hydrogens (tertiary/aromatic N) is 1. The second-order valence-electron chi connectivity index (χ2n) is 8.05.